The van der Waals surface area contributed by atoms with Crippen molar-refractivity contribution in [2.75, 3.05) is 13.1 Å². The van der Waals surface area contributed by atoms with E-state index in [-0.39, 0.29) is 7.33 Å². The van der Waals surface area contributed by atoms with E-state index in [9.17, 15) is 4.79 Å². The topological polar surface area (TPSA) is 85.0 Å². The third-order valence-electron chi connectivity index (χ3n) is 4.80. The molecule has 28 heavy (non-hydrogen) atoms. The summed E-state index contributed by atoms with van der Waals surface area (Å²) in [5.41, 5.74) is 4.03. The molecular weight excluding hydrogens is 354 g/mol. The highest BCUT2D eigenvalue weighted by Crippen LogP contribution is 2.27. The molecule has 0 spiro atoms. The number of carbonyl (C=O) groups is 1. The van der Waals surface area contributed by atoms with Gasteiger partial charge in [0.25, 0.3) is 5.89 Å². The molecule has 3 aromatic rings. The first-order valence-corrected chi connectivity index (χ1v) is 9.36. The van der Waals surface area contributed by atoms with Gasteiger partial charge in [-0.1, -0.05) is 31.2 Å². The number of aryl methyl sites for hydroxylation is 1. The van der Waals surface area contributed by atoms with E-state index < -0.39 is 0 Å². The summed E-state index contributed by atoms with van der Waals surface area (Å²) in [7, 11) is 0. The van der Waals surface area contributed by atoms with Crippen LogP contribution < -0.4 is 0 Å². The van der Waals surface area contributed by atoms with E-state index in [1.54, 1.807) is 6.20 Å². The van der Waals surface area contributed by atoms with Gasteiger partial charge in [0.15, 0.2) is 0 Å². The van der Waals surface area contributed by atoms with Gasteiger partial charge < -0.3 is 9.32 Å². The first-order chi connectivity index (χ1) is 13.7. The van der Waals surface area contributed by atoms with Crippen molar-refractivity contribution in [3.63, 3.8) is 0 Å². The van der Waals surface area contributed by atoms with Crippen LogP contribution in [0.3, 0.4) is 0 Å². The summed E-state index contributed by atoms with van der Waals surface area (Å²) >= 11 is 0. The van der Waals surface area contributed by atoms with Crippen LogP contribution in [0.5, 0.6) is 0 Å². The fourth-order valence-corrected chi connectivity index (χ4v) is 3.17. The van der Waals surface area contributed by atoms with Crippen LogP contribution in [-0.4, -0.2) is 44.1 Å². The van der Waals surface area contributed by atoms with Gasteiger partial charge in [-0.25, -0.2) is 4.98 Å². The monoisotopic (exact) mass is 377 g/mol. The lowest BCUT2D eigenvalue weighted by molar-refractivity contribution is -0.130. The minimum Gasteiger partial charge on any atom is -0.415 e. The summed E-state index contributed by atoms with van der Waals surface area (Å²) in [5, 5.41) is 8.31. The number of amides is 1. The van der Waals surface area contributed by atoms with Gasteiger partial charge >= 0.3 is 0 Å². The molecule has 0 N–H and O–H groups in total. The molecule has 0 radical (unpaired) electrons. The van der Waals surface area contributed by atoms with Gasteiger partial charge in [-0.15, -0.1) is 10.2 Å². The van der Waals surface area contributed by atoms with Crippen molar-refractivity contribution in [3.05, 3.63) is 54.0 Å². The lowest BCUT2D eigenvalue weighted by Gasteiger charge is -2.26. The molecule has 1 aliphatic heterocycles. The zero-order valence-corrected chi connectivity index (χ0v) is 15.9. The quantitative estimate of drug-likeness (QED) is 0.688. The molecule has 2 aromatic heterocycles. The summed E-state index contributed by atoms with van der Waals surface area (Å²) < 4.78 is 5.84. The maximum Gasteiger partial charge on any atom is 0.268 e. The number of rotatable bonds is 4. The number of benzene rings is 1. The zero-order valence-electron chi connectivity index (χ0n) is 15.9. The van der Waals surface area contributed by atoms with Crippen molar-refractivity contribution >= 4 is 11.5 Å². The molecule has 0 bridgehead atoms. The molecule has 1 aromatic carbocycles. The van der Waals surface area contributed by atoms with Crippen LogP contribution in [0.1, 0.15) is 32.6 Å². The molecule has 7 heteroatoms. The van der Waals surface area contributed by atoms with Gasteiger partial charge in [0.05, 0.1) is 17.6 Å². The predicted molar refractivity (Wildman–Crippen MR) is 107 cm³/mol. The number of carbonyl (C=O) groups excluding carboxylic acids is 1. The van der Waals surface area contributed by atoms with E-state index >= 15 is 0 Å². The highest BCUT2D eigenvalue weighted by atomic mass is 16.4. The Morgan fingerprint density at radius 3 is 2.71 bits per heavy atom. The fraction of sp³-hybridized carbons (Fsp3) is 0.286. The largest absolute Gasteiger partial charge is 0.415 e. The second-order valence-electron chi connectivity index (χ2n) is 6.64. The van der Waals surface area contributed by atoms with Crippen LogP contribution in [0.25, 0.3) is 28.6 Å². The summed E-state index contributed by atoms with van der Waals surface area (Å²) in [5.74, 6) is 0.975. The first kappa shape index (κ1) is 18.0. The SMILES string of the molecule is CCC(=O)N1CC=C(c2cnc(C)c(-c3nnc(-c4ccccc4)o3)n2)CC1.[HH]. The highest BCUT2D eigenvalue weighted by molar-refractivity contribution is 5.77. The molecule has 1 aliphatic rings. The third kappa shape index (κ3) is 3.55. The number of nitrogens with zero attached hydrogens (tertiary/aromatic N) is 5. The molecular formula is C21H23N5O2. The minimum atomic E-state index is 0. The Kier molecular flexibility index (Phi) is 4.97. The Balaban J connectivity index is 0.00000240. The van der Waals surface area contributed by atoms with Gasteiger partial charge in [-0.2, -0.15) is 0 Å². The van der Waals surface area contributed by atoms with Crippen LogP contribution >= 0.6 is 0 Å². The molecule has 0 atom stereocenters. The van der Waals surface area contributed by atoms with Gasteiger partial charge in [0.2, 0.25) is 11.8 Å². The molecule has 7 nitrogen and oxygen atoms in total. The fourth-order valence-electron chi connectivity index (χ4n) is 3.17. The third-order valence-corrected chi connectivity index (χ3v) is 4.80. The molecule has 3 heterocycles. The van der Waals surface area contributed by atoms with E-state index in [2.05, 4.69) is 15.2 Å². The van der Waals surface area contributed by atoms with E-state index in [0.29, 0.717) is 37.0 Å². The molecule has 4 rings (SSSR count). The van der Waals surface area contributed by atoms with Crippen molar-refractivity contribution in [2.45, 2.75) is 26.7 Å². The minimum absolute atomic E-state index is 0. The Bertz CT molecular complexity index is 1030. The number of hydrogen-bond acceptors (Lipinski definition) is 6. The van der Waals surface area contributed by atoms with Crippen molar-refractivity contribution < 1.29 is 10.6 Å². The molecule has 0 aliphatic carbocycles. The second kappa shape index (κ2) is 7.72. The Hall–Kier alpha value is -3.35. The normalized spacial score (nSPS) is 14.1. The van der Waals surface area contributed by atoms with Crippen LogP contribution in [0.4, 0.5) is 0 Å². The molecule has 144 valence electrons. The smallest absolute Gasteiger partial charge is 0.268 e. The van der Waals surface area contributed by atoms with Crippen molar-refractivity contribution in [1.29, 1.82) is 0 Å². The van der Waals surface area contributed by atoms with Gasteiger partial charge in [-0.05, 0) is 31.1 Å². The highest BCUT2D eigenvalue weighted by Gasteiger charge is 2.20. The van der Waals surface area contributed by atoms with Crippen molar-refractivity contribution in [2.24, 2.45) is 0 Å². The summed E-state index contributed by atoms with van der Waals surface area (Å²) in [4.78, 5) is 22.9. The van der Waals surface area contributed by atoms with Gasteiger partial charge in [-0.3, -0.25) is 9.78 Å². The number of aromatic nitrogens is 4. The average Bonchev–Trinajstić information content (AvgIpc) is 3.24. The Morgan fingerprint density at radius 1 is 1.21 bits per heavy atom. The first-order valence-electron chi connectivity index (χ1n) is 9.36. The van der Waals surface area contributed by atoms with E-state index in [4.69, 9.17) is 9.40 Å². The second-order valence-corrected chi connectivity index (χ2v) is 6.64. The average molecular weight is 377 g/mol. The van der Waals surface area contributed by atoms with Crippen LogP contribution in [0.15, 0.2) is 47.0 Å². The summed E-state index contributed by atoms with van der Waals surface area (Å²) in [6, 6.07) is 9.62. The molecule has 1 amide bonds. The Morgan fingerprint density at radius 2 is 2.00 bits per heavy atom. The van der Waals surface area contributed by atoms with Crippen LogP contribution in [-0.2, 0) is 4.79 Å². The van der Waals surface area contributed by atoms with Crippen LogP contribution in [0.2, 0.25) is 0 Å². The molecule has 0 saturated carbocycles. The molecule has 0 fully saturated rings. The predicted octanol–water partition coefficient (Wildman–Crippen LogP) is 3.77. The van der Waals surface area contributed by atoms with Gasteiger partial charge in [0.1, 0.15) is 5.69 Å². The Labute approximate surface area is 164 Å². The lowest BCUT2D eigenvalue weighted by atomic mass is 10.0. The molecule has 0 saturated heterocycles. The van der Waals surface area contributed by atoms with Gasteiger partial charge in [0, 0.05) is 26.5 Å². The van der Waals surface area contributed by atoms with E-state index in [0.717, 1.165) is 28.9 Å². The maximum absolute atomic E-state index is 11.9. The zero-order chi connectivity index (χ0) is 19.5. The standard InChI is InChI=1S/C21H21N5O2.H2/c1-3-18(27)26-11-9-15(10-12-26)17-13-22-14(2)19(23-17)21-25-24-20(28-21)16-7-5-4-6-8-16;/h4-9,13H,3,10-12H2,1-2H3;1H. The van der Waals surface area contributed by atoms with Crippen molar-refractivity contribution in [1.82, 2.24) is 25.1 Å². The van der Waals surface area contributed by atoms with E-state index in [1.807, 2.05) is 55.2 Å². The van der Waals surface area contributed by atoms with E-state index in [1.165, 1.54) is 0 Å². The van der Waals surface area contributed by atoms with Crippen LogP contribution in [0, 0.1) is 6.92 Å². The maximum atomic E-state index is 11.9. The van der Waals surface area contributed by atoms with Crippen molar-refractivity contribution in [3.8, 4) is 23.0 Å². The summed E-state index contributed by atoms with van der Waals surface area (Å²) in [6.45, 7) is 5.05. The molecule has 0 unspecified atom stereocenters. The number of hydrogen-bond donors (Lipinski definition) is 0. The summed E-state index contributed by atoms with van der Waals surface area (Å²) in [6.07, 6.45) is 5.08. The lowest BCUT2D eigenvalue weighted by Crippen LogP contribution is -2.34.